The van der Waals surface area contributed by atoms with Crippen molar-refractivity contribution in [3.05, 3.63) is 63.8 Å². The number of nitrogens with zero attached hydrogens (tertiary/aromatic N) is 6. The van der Waals surface area contributed by atoms with Gasteiger partial charge in [-0.1, -0.05) is 23.4 Å². The minimum absolute atomic E-state index is 0.0574. The first-order valence-corrected chi connectivity index (χ1v) is 12.3. The molecule has 9 nitrogen and oxygen atoms in total. The molecule has 0 radical (unpaired) electrons. The number of thiophene rings is 1. The number of para-hydroxylation sites is 1. The Bertz CT molecular complexity index is 1340. The van der Waals surface area contributed by atoms with Crippen LogP contribution >= 0.6 is 11.3 Å². The summed E-state index contributed by atoms with van der Waals surface area (Å²) in [6.45, 7) is 5.86. The van der Waals surface area contributed by atoms with E-state index in [1.54, 1.807) is 28.3 Å². The number of hydrogen-bond acceptors (Lipinski definition) is 8. The average Bonchev–Trinajstić information content (AvgIpc) is 3.54. The molecule has 1 amide bonds. The Hall–Kier alpha value is -3.37. The standard InChI is InChI=1S/C24H26N6O3S/c1-17-5-2-6-18-22(17)25-16-30(24(18)32)9-3-8-21(31)29-12-10-28(11-13-29)15-20-26-23(27-33-20)19-7-4-14-34-19/h2,4-7,14,16H,3,8-13,15H2,1H3. The van der Waals surface area contributed by atoms with Gasteiger partial charge in [-0.3, -0.25) is 19.1 Å². The molecule has 34 heavy (non-hydrogen) atoms. The molecule has 0 atom stereocenters. The Labute approximate surface area is 200 Å². The monoisotopic (exact) mass is 478 g/mol. The van der Waals surface area contributed by atoms with Crippen molar-refractivity contribution in [3.63, 3.8) is 0 Å². The van der Waals surface area contributed by atoms with Crippen molar-refractivity contribution in [3.8, 4) is 10.7 Å². The second-order valence-electron chi connectivity index (χ2n) is 8.46. The maximum atomic E-state index is 12.7. The number of aromatic nitrogens is 4. The van der Waals surface area contributed by atoms with Crippen LogP contribution in [-0.2, 0) is 17.9 Å². The van der Waals surface area contributed by atoms with Crippen LogP contribution in [0, 0.1) is 6.92 Å². The van der Waals surface area contributed by atoms with E-state index < -0.39 is 0 Å². The quantitative estimate of drug-likeness (QED) is 0.403. The Morgan fingerprint density at radius 1 is 1.15 bits per heavy atom. The number of carbonyl (C=O) groups is 1. The summed E-state index contributed by atoms with van der Waals surface area (Å²) in [6, 6.07) is 9.55. The van der Waals surface area contributed by atoms with Crippen molar-refractivity contribution in [1.82, 2.24) is 29.5 Å². The van der Waals surface area contributed by atoms with Gasteiger partial charge in [0.05, 0.1) is 28.7 Å². The molecule has 0 aliphatic carbocycles. The summed E-state index contributed by atoms with van der Waals surface area (Å²) in [5.74, 6) is 1.33. The van der Waals surface area contributed by atoms with Crippen LogP contribution in [0.4, 0.5) is 0 Å². The first kappa shape index (κ1) is 22.4. The minimum atomic E-state index is -0.0574. The number of hydrogen-bond donors (Lipinski definition) is 0. The molecule has 176 valence electrons. The lowest BCUT2D eigenvalue weighted by Gasteiger charge is -2.34. The SMILES string of the molecule is Cc1cccc2c(=O)n(CCCC(=O)N3CCN(Cc4nc(-c5cccs5)no4)CC3)cnc12. The van der Waals surface area contributed by atoms with Gasteiger partial charge in [-0.05, 0) is 36.4 Å². The average molecular weight is 479 g/mol. The minimum Gasteiger partial charge on any atom is -0.340 e. The molecule has 1 saturated heterocycles. The molecule has 0 spiro atoms. The Kier molecular flexibility index (Phi) is 6.50. The van der Waals surface area contributed by atoms with Gasteiger partial charge in [0, 0.05) is 39.1 Å². The van der Waals surface area contributed by atoms with Gasteiger partial charge in [0.2, 0.25) is 17.6 Å². The Morgan fingerprint density at radius 2 is 2.00 bits per heavy atom. The van der Waals surface area contributed by atoms with Gasteiger partial charge < -0.3 is 9.42 Å². The number of aryl methyl sites for hydroxylation is 2. The maximum Gasteiger partial charge on any atom is 0.261 e. The highest BCUT2D eigenvalue weighted by molar-refractivity contribution is 7.13. The van der Waals surface area contributed by atoms with Gasteiger partial charge in [0.25, 0.3) is 5.56 Å². The third kappa shape index (κ3) is 4.78. The van der Waals surface area contributed by atoms with E-state index in [1.807, 2.05) is 41.5 Å². The number of piperazine rings is 1. The van der Waals surface area contributed by atoms with E-state index in [-0.39, 0.29) is 11.5 Å². The van der Waals surface area contributed by atoms with Gasteiger partial charge in [0.15, 0.2) is 0 Å². The van der Waals surface area contributed by atoms with Crippen molar-refractivity contribution >= 4 is 28.1 Å². The molecule has 0 unspecified atom stereocenters. The van der Waals surface area contributed by atoms with E-state index >= 15 is 0 Å². The fourth-order valence-electron chi connectivity index (χ4n) is 4.23. The highest BCUT2D eigenvalue weighted by Gasteiger charge is 2.22. The molecule has 5 rings (SSSR count). The second-order valence-corrected chi connectivity index (χ2v) is 9.41. The summed E-state index contributed by atoms with van der Waals surface area (Å²) >= 11 is 1.58. The van der Waals surface area contributed by atoms with Crippen LogP contribution in [0.5, 0.6) is 0 Å². The van der Waals surface area contributed by atoms with E-state index in [1.165, 1.54) is 0 Å². The van der Waals surface area contributed by atoms with Crippen LogP contribution in [0.2, 0.25) is 0 Å². The first-order valence-electron chi connectivity index (χ1n) is 11.4. The van der Waals surface area contributed by atoms with Gasteiger partial charge in [-0.15, -0.1) is 11.3 Å². The van der Waals surface area contributed by atoms with E-state index in [9.17, 15) is 9.59 Å². The summed E-state index contributed by atoms with van der Waals surface area (Å²) in [5.41, 5.74) is 1.66. The van der Waals surface area contributed by atoms with Crippen molar-refractivity contribution in [2.24, 2.45) is 0 Å². The summed E-state index contributed by atoms with van der Waals surface area (Å²) in [4.78, 5) is 39.4. The molecule has 4 heterocycles. The molecule has 0 bridgehead atoms. The van der Waals surface area contributed by atoms with E-state index in [0.717, 1.165) is 29.0 Å². The largest absolute Gasteiger partial charge is 0.340 e. The fraction of sp³-hybridized carbons (Fsp3) is 0.375. The predicted molar refractivity (Wildman–Crippen MR) is 129 cm³/mol. The third-order valence-electron chi connectivity index (χ3n) is 6.14. The molecule has 0 N–H and O–H groups in total. The highest BCUT2D eigenvalue weighted by atomic mass is 32.1. The van der Waals surface area contributed by atoms with Crippen LogP contribution in [-0.4, -0.2) is 61.6 Å². The highest BCUT2D eigenvalue weighted by Crippen LogP contribution is 2.22. The van der Waals surface area contributed by atoms with Crippen LogP contribution in [0.25, 0.3) is 21.6 Å². The van der Waals surface area contributed by atoms with Crippen LogP contribution < -0.4 is 5.56 Å². The van der Waals surface area contributed by atoms with Gasteiger partial charge in [0.1, 0.15) is 0 Å². The second kappa shape index (κ2) is 9.86. The fourth-order valence-corrected chi connectivity index (χ4v) is 4.88. The van der Waals surface area contributed by atoms with E-state index in [0.29, 0.717) is 56.1 Å². The zero-order chi connectivity index (χ0) is 23.5. The molecule has 1 aliphatic heterocycles. The molecule has 1 fully saturated rings. The van der Waals surface area contributed by atoms with Crippen molar-refractivity contribution in [2.45, 2.75) is 32.9 Å². The zero-order valence-corrected chi connectivity index (χ0v) is 19.8. The third-order valence-corrected chi connectivity index (χ3v) is 7.00. The molecular formula is C24H26N6O3S. The van der Waals surface area contributed by atoms with Gasteiger partial charge >= 0.3 is 0 Å². The summed E-state index contributed by atoms with van der Waals surface area (Å²) in [7, 11) is 0. The lowest BCUT2D eigenvalue weighted by atomic mass is 10.1. The normalized spacial score (nSPS) is 14.7. The molecule has 0 saturated carbocycles. The Morgan fingerprint density at radius 3 is 2.79 bits per heavy atom. The summed E-state index contributed by atoms with van der Waals surface area (Å²) in [6.07, 6.45) is 2.60. The number of amides is 1. The molecule has 1 aliphatic rings. The first-order chi connectivity index (χ1) is 16.6. The van der Waals surface area contributed by atoms with Gasteiger partial charge in [-0.2, -0.15) is 4.98 Å². The lowest BCUT2D eigenvalue weighted by Crippen LogP contribution is -2.48. The van der Waals surface area contributed by atoms with Crippen molar-refractivity contribution in [2.75, 3.05) is 26.2 Å². The number of rotatable bonds is 7. The molecule has 10 heteroatoms. The molecular weight excluding hydrogens is 452 g/mol. The molecule has 3 aromatic heterocycles. The van der Waals surface area contributed by atoms with Crippen molar-refractivity contribution < 1.29 is 9.32 Å². The number of carbonyl (C=O) groups excluding carboxylic acids is 1. The van der Waals surface area contributed by atoms with Crippen LogP contribution in [0.1, 0.15) is 24.3 Å². The predicted octanol–water partition coefficient (Wildman–Crippen LogP) is 2.94. The zero-order valence-electron chi connectivity index (χ0n) is 19.0. The lowest BCUT2D eigenvalue weighted by molar-refractivity contribution is -0.133. The number of benzene rings is 1. The van der Waals surface area contributed by atoms with Crippen LogP contribution in [0.15, 0.2) is 51.4 Å². The van der Waals surface area contributed by atoms with E-state index in [2.05, 4.69) is 20.0 Å². The maximum absolute atomic E-state index is 12.7. The summed E-state index contributed by atoms with van der Waals surface area (Å²) in [5, 5.41) is 6.66. The topological polar surface area (TPSA) is 97.4 Å². The van der Waals surface area contributed by atoms with Crippen LogP contribution in [0.3, 0.4) is 0 Å². The summed E-state index contributed by atoms with van der Waals surface area (Å²) < 4.78 is 6.99. The van der Waals surface area contributed by atoms with Gasteiger partial charge in [-0.25, -0.2) is 4.98 Å². The molecule has 1 aromatic carbocycles. The number of fused-ring (bicyclic) bond motifs is 1. The van der Waals surface area contributed by atoms with Crippen molar-refractivity contribution in [1.29, 1.82) is 0 Å². The smallest absolute Gasteiger partial charge is 0.261 e. The Balaban J connectivity index is 1.09. The van der Waals surface area contributed by atoms with E-state index in [4.69, 9.17) is 4.52 Å². The molecule has 4 aromatic rings.